The van der Waals surface area contributed by atoms with E-state index in [9.17, 15) is 18.0 Å². The summed E-state index contributed by atoms with van der Waals surface area (Å²) in [5.41, 5.74) is -0.00723. The maximum absolute atomic E-state index is 12.6. The van der Waals surface area contributed by atoms with Crippen LogP contribution in [-0.4, -0.2) is 11.1 Å². The van der Waals surface area contributed by atoms with Gasteiger partial charge in [0.25, 0.3) is 0 Å². The molecule has 22 heavy (non-hydrogen) atoms. The van der Waals surface area contributed by atoms with Crippen molar-refractivity contribution in [2.24, 2.45) is 0 Å². The van der Waals surface area contributed by atoms with E-state index >= 15 is 0 Å². The van der Waals surface area contributed by atoms with Gasteiger partial charge in [0.2, 0.25) is 0 Å². The summed E-state index contributed by atoms with van der Waals surface area (Å²) in [7, 11) is 0. The van der Waals surface area contributed by atoms with E-state index < -0.39 is 17.7 Å². The van der Waals surface area contributed by atoms with Crippen LogP contribution < -0.4 is 0 Å². The van der Waals surface area contributed by atoms with E-state index in [-0.39, 0.29) is 12.0 Å². The molecular weight excluding hydrogens is 293 g/mol. The van der Waals surface area contributed by atoms with Crippen molar-refractivity contribution in [2.75, 3.05) is 0 Å². The van der Waals surface area contributed by atoms with Gasteiger partial charge in [-0.05, 0) is 29.7 Å². The molecule has 114 valence electrons. The molecule has 2 aromatic rings. The quantitative estimate of drug-likeness (QED) is 0.892. The molecule has 0 radical (unpaired) electrons. The maximum Gasteiger partial charge on any atom is 0.416 e. The molecule has 0 aliphatic rings. The van der Waals surface area contributed by atoms with Crippen LogP contribution in [0, 0.1) is 0 Å². The standard InChI is InChI=1S/C17H13F3O2/c18-17(19,20)14-10-9-13(15(11-14)16(21)22)8-4-7-12-5-2-1-3-6-12/h1-7,9-11H,8H2,(H,21,22)/b7-4+. The molecule has 0 fully saturated rings. The molecule has 0 atom stereocenters. The molecular formula is C17H13F3O2. The fourth-order valence-corrected chi connectivity index (χ4v) is 2.02. The summed E-state index contributed by atoms with van der Waals surface area (Å²) in [6, 6.07) is 12.1. The first-order valence-corrected chi connectivity index (χ1v) is 6.53. The van der Waals surface area contributed by atoms with E-state index in [0.29, 0.717) is 11.6 Å². The van der Waals surface area contributed by atoms with Gasteiger partial charge in [0.1, 0.15) is 0 Å². The minimum atomic E-state index is -4.55. The van der Waals surface area contributed by atoms with Crippen LogP contribution in [0.2, 0.25) is 0 Å². The molecule has 5 heteroatoms. The second-order valence-electron chi connectivity index (χ2n) is 4.69. The number of carbonyl (C=O) groups is 1. The highest BCUT2D eigenvalue weighted by atomic mass is 19.4. The van der Waals surface area contributed by atoms with Gasteiger partial charge in [-0.2, -0.15) is 13.2 Å². The number of rotatable bonds is 4. The second-order valence-corrected chi connectivity index (χ2v) is 4.69. The molecule has 0 bridgehead atoms. The van der Waals surface area contributed by atoms with Crippen molar-refractivity contribution < 1.29 is 23.1 Å². The Labute approximate surface area is 125 Å². The van der Waals surface area contributed by atoms with Crippen molar-refractivity contribution in [3.8, 4) is 0 Å². The van der Waals surface area contributed by atoms with Crippen LogP contribution in [0.25, 0.3) is 6.08 Å². The lowest BCUT2D eigenvalue weighted by Gasteiger charge is -2.10. The lowest BCUT2D eigenvalue weighted by atomic mass is 10.0. The molecule has 0 spiro atoms. The lowest BCUT2D eigenvalue weighted by molar-refractivity contribution is -0.137. The van der Waals surface area contributed by atoms with Gasteiger partial charge in [0.05, 0.1) is 11.1 Å². The molecule has 0 amide bonds. The van der Waals surface area contributed by atoms with Gasteiger partial charge >= 0.3 is 12.1 Å². The smallest absolute Gasteiger partial charge is 0.416 e. The van der Waals surface area contributed by atoms with E-state index in [1.54, 1.807) is 12.2 Å². The summed E-state index contributed by atoms with van der Waals surface area (Å²) in [5.74, 6) is -1.37. The largest absolute Gasteiger partial charge is 0.478 e. The van der Waals surface area contributed by atoms with E-state index in [1.807, 2.05) is 30.3 Å². The Bertz CT molecular complexity index is 689. The number of carboxylic acid groups (broad SMARTS) is 1. The van der Waals surface area contributed by atoms with Gasteiger partial charge < -0.3 is 5.11 Å². The van der Waals surface area contributed by atoms with Crippen molar-refractivity contribution in [2.45, 2.75) is 12.6 Å². The minimum absolute atomic E-state index is 0.245. The first-order valence-electron chi connectivity index (χ1n) is 6.53. The number of alkyl halides is 3. The Morgan fingerprint density at radius 2 is 1.77 bits per heavy atom. The van der Waals surface area contributed by atoms with Crippen molar-refractivity contribution >= 4 is 12.0 Å². The maximum atomic E-state index is 12.6. The van der Waals surface area contributed by atoms with Crippen LogP contribution in [0.15, 0.2) is 54.6 Å². The molecule has 0 unspecified atom stereocenters. The summed E-state index contributed by atoms with van der Waals surface area (Å²) >= 11 is 0. The number of allylic oxidation sites excluding steroid dienone is 1. The summed E-state index contributed by atoms with van der Waals surface area (Å²) in [6.45, 7) is 0. The van der Waals surface area contributed by atoms with Crippen LogP contribution in [0.3, 0.4) is 0 Å². The van der Waals surface area contributed by atoms with Gasteiger partial charge in [0, 0.05) is 0 Å². The lowest BCUT2D eigenvalue weighted by Crippen LogP contribution is -2.09. The average Bonchev–Trinajstić information content (AvgIpc) is 2.47. The fourth-order valence-electron chi connectivity index (χ4n) is 2.02. The Morgan fingerprint density at radius 3 is 2.36 bits per heavy atom. The number of carboxylic acids is 1. The molecule has 0 aromatic heterocycles. The van der Waals surface area contributed by atoms with Crippen molar-refractivity contribution in [3.63, 3.8) is 0 Å². The highest BCUT2D eigenvalue weighted by molar-refractivity contribution is 5.89. The zero-order valence-corrected chi connectivity index (χ0v) is 11.5. The monoisotopic (exact) mass is 306 g/mol. The molecule has 0 heterocycles. The summed E-state index contributed by atoms with van der Waals surface area (Å²) in [6.07, 6.45) is -0.787. The van der Waals surface area contributed by atoms with Crippen molar-refractivity contribution in [1.29, 1.82) is 0 Å². The Kier molecular flexibility index (Phi) is 4.65. The Balaban J connectivity index is 2.24. The first-order chi connectivity index (χ1) is 10.4. The highest BCUT2D eigenvalue weighted by Gasteiger charge is 2.31. The number of halogens is 3. The molecule has 2 nitrogen and oxygen atoms in total. The normalized spacial score (nSPS) is 11.8. The third-order valence-corrected chi connectivity index (χ3v) is 3.12. The zero-order chi connectivity index (χ0) is 16.2. The fraction of sp³-hybridized carbons (Fsp3) is 0.118. The van der Waals surface area contributed by atoms with Gasteiger partial charge in [-0.1, -0.05) is 48.6 Å². The predicted molar refractivity (Wildman–Crippen MR) is 77.6 cm³/mol. The van der Waals surface area contributed by atoms with Gasteiger partial charge in [-0.25, -0.2) is 4.79 Å². The van der Waals surface area contributed by atoms with Gasteiger partial charge in [0.15, 0.2) is 0 Å². The van der Waals surface area contributed by atoms with Crippen molar-refractivity contribution in [1.82, 2.24) is 0 Å². The zero-order valence-electron chi connectivity index (χ0n) is 11.5. The second kappa shape index (κ2) is 6.47. The number of hydrogen-bond donors (Lipinski definition) is 1. The molecule has 0 saturated heterocycles. The van der Waals surface area contributed by atoms with Crippen LogP contribution in [0.4, 0.5) is 13.2 Å². The van der Waals surface area contributed by atoms with Crippen LogP contribution in [-0.2, 0) is 12.6 Å². The highest BCUT2D eigenvalue weighted by Crippen LogP contribution is 2.30. The van der Waals surface area contributed by atoms with Gasteiger partial charge in [-0.15, -0.1) is 0 Å². The minimum Gasteiger partial charge on any atom is -0.478 e. The third-order valence-electron chi connectivity index (χ3n) is 3.12. The molecule has 2 aromatic carbocycles. The molecule has 0 saturated carbocycles. The SMILES string of the molecule is O=C(O)c1cc(C(F)(F)F)ccc1C/C=C/c1ccccc1. The molecule has 2 rings (SSSR count). The van der Waals surface area contributed by atoms with Gasteiger partial charge in [-0.3, -0.25) is 0 Å². The van der Waals surface area contributed by atoms with E-state index in [4.69, 9.17) is 5.11 Å². The number of aromatic carboxylic acids is 1. The summed E-state index contributed by atoms with van der Waals surface area (Å²) in [5, 5.41) is 9.08. The number of benzene rings is 2. The molecule has 0 aliphatic carbocycles. The van der Waals surface area contributed by atoms with Crippen LogP contribution in [0.1, 0.15) is 27.0 Å². The third kappa shape index (κ3) is 3.97. The summed E-state index contributed by atoms with van der Waals surface area (Å²) in [4.78, 5) is 11.1. The average molecular weight is 306 g/mol. The topological polar surface area (TPSA) is 37.3 Å². The van der Waals surface area contributed by atoms with Crippen LogP contribution >= 0.6 is 0 Å². The molecule has 1 N–H and O–H groups in total. The van der Waals surface area contributed by atoms with E-state index in [0.717, 1.165) is 11.6 Å². The van der Waals surface area contributed by atoms with Crippen molar-refractivity contribution in [3.05, 3.63) is 76.9 Å². The number of hydrogen-bond acceptors (Lipinski definition) is 1. The molecule has 0 aliphatic heterocycles. The van der Waals surface area contributed by atoms with E-state index in [1.165, 1.54) is 6.07 Å². The Hall–Kier alpha value is -2.56. The van der Waals surface area contributed by atoms with E-state index in [2.05, 4.69) is 0 Å². The summed E-state index contributed by atoms with van der Waals surface area (Å²) < 4.78 is 37.9. The van der Waals surface area contributed by atoms with Crippen LogP contribution in [0.5, 0.6) is 0 Å². The Morgan fingerprint density at radius 1 is 1.09 bits per heavy atom. The predicted octanol–water partition coefficient (Wildman–Crippen LogP) is 4.66. The first kappa shape index (κ1) is 15.8.